The lowest BCUT2D eigenvalue weighted by Gasteiger charge is -2.51. The van der Waals surface area contributed by atoms with Crippen LogP contribution in [0, 0.1) is 0 Å². The summed E-state index contributed by atoms with van der Waals surface area (Å²) in [7, 11) is 0. The van der Waals surface area contributed by atoms with Crippen LogP contribution < -0.4 is 5.32 Å². The van der Waals surface area contributed by atoms with E-state index < -0.39 is 47.1 Å². The second-order valence-electron chi connectivity index (χ2n) is 12.2. The van der Waals surface area contributed by atoms with E-state index in [2.05, 4.69) is 5.32 Å². The van der Waals surface area contributed by atoms with Crippen molar-refractivity contribution >= 4 is 35.6 Å². The van der Waals surface area contributed by atoms with E-state index in [4.69, 9.17) is 9.47 Å². The highest BCUT2D eigenvalue weighted by Crippen LogP contribution is 2.43. The summed E-state index contributed by atoms with van der Waals surface area (Å²) in [5.41, 5.74) is 2.00. The van der Waals surface area contributed by atoms with E-state index in [0.717, 1.165) is 24.0 Å². The molecule has 3 fully saturated rings. The maximum Gasteiger partial charge on any atom is 0.408 e. The lowest BCUT2D eigenvalue weighted by atomic mass is 9.95. The van der Waals surface area contributed by atoms with Crippen LogP contribution >= 0.6 is 11.8 Å². The predicted molar refractivity (Wildman–Crippen MR) is 162 cm³/mol. The van der Waals surface area contributed by atoms with Gasteiger partial charge >= 0.3 is 12.1 Å². The van der Waals surface area contributed by atoms with Crippen LogP contribution in [0.25, 0.3) is 0 Å². The highest BCUT2D eigenvalue weighted by Gasteiger charge is 2.56. The average molecular weight is 602 g/mol. The molecule has 224 valence electrons. The average Bonchev–Trinajstić information content (AvgIpc) is 3.77. The van der Waals surface area contributed by atoms with Gasteiger partial charge in [-0.3, -0.25) is 9.59 Å². The minimum absolute atomic E-state index is 0.0199. The molecule has 1 saturated carbocycles. The zero-order valence-electron chi connectivity index (χ0n) is 24.4. The standard InChI is InChI=1S/C33H35N3O6S/c1-33(2,3)42-32(40)34-25-29(38)36-26(23(19-43-30(25)36)18-22-16-17-35(28(22)37)24-14-15-24)31(39)41-27(20-10-6-4-7-11-20)21-12-8-5-9-13-21/h4-13,18-19,24-27,30H,14-17H2,1-3H3,(H,34,40)/b22-18+/t25-,26-,30-/m1/s1. The van der Waals surface area contributed by atoms with E-state index in [1.54, 1.807) is 26.8 Å². The Morgan fingerprint density at radius 2 is 1.63 bits per heavy atom. The summed E-state index contributed by atoms with van der Waals surface area (Å²) < 4.78 is 11.6. The van der Waals surface area contributed by atoms with Crippen LogP contribution in [0.2, 0.25) is 0 Å². The monoisotopic (exact) mass is 601 g/mol. The number of rotatable bonds is 7. The zero-order chi connectivity index (χ0) is 30.3. The number of nitrogens with zero attached hydrogens (tertiary/aromatic N) is 2. The predicted octanol–water partition coefficient (Wildman–Crippen LogP) is 4.70. The number of esters is 1. The molecule has 3 atom stereocenters. The highest BCUT2D eigenvalue weighted by atomic mass is 32.2. The third-order valence-electron chi connectivity index (χ3n) is 7.84. The summed E-state index contributed by atoms with van der Waals surface area (Å²) in [4.78, 5) is 56.7. The van der Waals surface area contributed by atoms with E-state index in [9.17, 15) is 19.2 Å². The fourth-order valence-electron chi connectivity index (χ4n) is 5.68. The molecular weight excluding hydrogens is 566 g/mol. The quantitative estimate of drug-likeness (QED) is 0.279. The van der Waals surface area contributed by atoms with E-state index in [1.165, 1.54) is 16.7 Å². The first-order chi connectivity index (χ1) is 20.6. The minimum atomic E-state index is -1.08. The Morgan fingerprint density at radius 1 is 1.00 bits per heavy atom. The molecule has 9 nitrogen and oxygen atoms in total. The lowest BCUT2D eigenvalue weighted by molar-refractivity contribution is -0.164. The third kappa shape index (κ3) is 6.06. The number of carbonyl (C=O) groups is 4. The molecule has 3 amide bonds. The number of likely N-dealkylation sites (tertiary alicyclic amines) is 1. The molecule has 0 aromatic heterocycles. The van der Waals surface area contributed by atoms with Crippen molar-refractivity contribution in [3.05, 3.63) is 94.4 Å². The topological polar surface area (TPSA) is 105 Å². The molecule has 2 aromatic rings. The number of benzene rings is 2. The van der Waals surface area contributed by atoms with Crippen molar-refractivity contribution in [1.29, 1.82) is 0 Å². The van der Waals surface area contributed by atoms with Gasteiger partial charge in [0.2, 0.25) is 11.8 Å². The Hall–Kier alpha value is -4.05. The van der Waals surface area contributed by atoms with Gasteiger partial charge in [0.1, 0.15) is 17.0 Å². The van der Waals surface area contributed by atoms with Crippen molar-refractivity contribution in [1.82, 2.24) is 15.1 Å². The highest BCUT2D eigenvalue weighted by molar-refractivity contribution is 8.03. The molecule has 2 aromatic carbocycles. The van der Waals surface area contributed by atoms with Gasteiger partial charge in [-0.2, -0.15) is 0 Å². The van der Waals surface area contributed by atoms with Crippen molar-refractivity contribution in [3.8, 4) is 0 Å². The number of carbonyl (C=O) groups excluding carboxylic acids is 4. The first-order valence-corrected chi connectivity index (χ1v) is 15.5. The molecule has 0 radical (unpaired) electrons. The second kappa shape index (κ2) is 11.6. The molecule has 0 spiro atoms. The molecule has 1 N–H and O–H groups in total. The second-order valence-corrected chi connectivity index (χ2v) is 13.2. The Kier molecular flexibility index (Phi) is 7.81. The fraction of sp³-hybridized carbons (Fsp3) is 0.394. The van der Waals surface area contributed by atoms with Crippen molar-refractivity contribution in [2.45, 2.75) is 75.2 Å². The molecule has 3 aliphatic heterocycles. The van der Waals surface area contributed by atoms with Gasteiger partial charge in [-0.25, -0.2) is 9.59 Å². The first kappa shape index (κ1) is 29.0. The number of hydrogen-bond acceptors (Lipinski definition) is 7. The normalized spacial score (nSPS) is 24.4. The largest absolute Gasteiger partial charge is 0.451 e. The smallest absolute Gasteiger partial charge is 0.408 e. The Morgan fingerprint density at radius 3 is 2.21 bits per heavy atom. The summed E-state index contributed by atoms with van der Waals surface area (Å²) in [5, 5.41) is 3.94. The summed E-state index contributed by atoms with van der Waals surface area (Å²) in [6.07, 6.45) is 2.96. The van der Waals surface area contributed by atoms with Crippen molar-refractivity contribution in [3.63, 3.8) is 0 Å². The van der Waals surface area contributed by atoms with E-state index in [-0.39, 0.29) is 5.91 Å². The van der Waals surface area contributed by atoms with Crippen molar-refractivity contribution < 1.29 is 28.7 Å². The van der Waals surface area contributed by atoms with E-state index in [0.29, 0.717) is 30.2 Å². The number of nitrogens with one attached hydrogen (secondary N) is 1. The maximum atomic E-state index is 14.2. The number of amides is 3. The van der Waals surface area contributed by atoms with Crippen LogP contribution in [0.1, 0.15) is 57.3 Å². The Balaban J connectivity index is 1.30. The molecule has 2 saturated heterocycles. The van der Waals surface area contributed by atoms with Gasteiger partial charge < -0.3 is 24.6 Å². The molecular formula is C33H35N3O6S. The van der Waals surface area contributed by atoms with Crippen molar-refractivity contribution in [2.24, 2.45) is 0 Å². The number of thioether (sulfide) groups is 1. The van der Waals surface area contributed by atoms with Gasteiger partial charge in [0.15, 0.2) is 12.1 Å². The van der Waals surface area contributed by atoms with Crippen LogP contribution in [0.3, 0.4) is 0 Å². The van der Waals surface area contributed by atoms with Gasteiger partial charge in [0.05, 0.1) is 0 Å². The van der Waals surface area contributed by atoms with Crippen LogP contribution in [0.15, 0.2) is 83.3 Å². The van der Waals surface area contributed by atoms with Gasteiger partial charge in [-0.15, -0.1) is 11.8 Å². The molecule has 3 heterocycles. The number of alkyl carbamates (subject to hydrolysis) is 1. The van der Waals surface area contributed by atoms with E-state index in [1.807, 2.05) is 71.0 Å². The molecule has 43 heavy (non-hydrogen) atoms. The first-order valence-electron chi connectivity index (χ1n) is 14.6. The Labute approximate surface area is 255 Å². The SMILES string of the molecule is CC(C)(C)OC(=O)N[C@@H]1C(=O)N2[C@@H](C(=O)OC(c3ccccc3)c3ccccc3)C(/C=C3\CCN(C4CC4)C3=O)=CS[C@H]12. The number of hydrogen-bond donors (Lipinski definition) is 1. The maximum absolute atomic E-state index is 14.2. The van der Waals surface area contributed by atoms with Crippen LogP contribution in [-0.2, 0) is 23.9 Å². The third-order valence-corrected chi connectivity index (χ3v) is 9.02. The van der Waals surface area contributed by atoms with E-state index >= 15 is 0 Å². The van der Waals surface area contributed by atoms with Gasteiger partial charge in [0.25, 0.3) is 0 Å². The minimum Gasteiger partial charge on any atom is -0.451 e. The fourth-order valence-corrected chi connectivity index (χ4v) is 6.87. The zero-order valence-corrected chi connectivity index (χ0v) is 25.2. The van der Waals surface area contributed by atoms with Crippen LogP contribution in [0.5, 0.6) is 0 Å². The number of ether oxygens (including phenoxy) is 2. The summed E-state index contributed by atoms with van der Waals surface area (Å²) in [6, 6.07) is 17.2. The van der Waals surface area contributed by atoms with Crippen molar-refractivity contribution in [2.75, 3.05) is 6.54 Å². The molecule has 0 bridgehead atoms. The molecule has 10 heteroatoms. The van der Waals surface area contributed by atoms with Crippen LogP contribution in [0.4, 0.5) is 4.79 Å². The molecule has 1 aliphatic carbocycles. The summed E-state index contributed by atoms with van der Waals surface area (Å²) in [6.45, 7) is 5.89. The molecule has 0 unspecified atom stereocenters. The Bertz CT molecular complexity index is 1440. The van der Waals surface area contributed by atoms with Gasteiger partial charge in [-0.05, 0) is 68.2 Å². The van der Waals surface area contributed by atoms with Gasteiger partial charge in [-0.1, -0.05) is 60.7 Å². The molecule has 4 aliphatic rings. The van der Waals surface area contributed by atoms with Crippen LogP contribution in [-0.4, -0.2) is 69.3 Å². The van der Waals surface area contributed by atoms with Gasteiger partial charge in [0, 0.05) is 18.2 Å². The molecule has 6 rings (SSSR count). The summed E-state index contributed by atoms with van der Waals surface area (Å²) in [5.74, 6) is -1.05. The summed E-state index contributed by atoms with van der Waals surface area (Å²) >= 11 is 1.33. The number of fused-ring (bicyclic) bond motifs is 1. The lowest BCUT2D eigenvalue weighted by Crippen LogP contribution is -2.74. The number of β-lactam (4-membered cyclic amide) rings is 1.